The highest BCUT2D eigenvalue weighted by Crippen LogP contribution is 2.20. The molecule has 8 heteroatoms. The molecule has 3 aromatic rings. The molecular weight excluding hydrogens is 346 g/mol. The molecule has 8 nitrogen and oxygen atoms in total. The molecule has 0 aliphatic carbocycles. The lowest BCUT2D eigenvalue weighted by Gasteiger charge is -2.08. The molecule has 27 heavy (non-hydrogen) atoms. The maximum atomic E-state index is 12.5. The summed E-state index contributed by atoms with van der Waals surface area (Å²) in [5.41, 5.74) is 1.53. The predicted molar refractivity (Wildman–Crippen MR) is 102 cm³/mol. The molecule has 2 aromatic heterocycles. The van der Waals surface area contributed by atoms with E-state index in [1.54, 1.807) is 24.3 Å². The van der Waals surface area contributed by atoms with Gasteiger partial charge in [0.05, 0.1) is 5.69 Å². The van der Waals surface area contributed by atoms with Crippen LogP contribution in [0.4, 0.5) is 5.69 Å². The number of anilines is 1. The monoisotopic (exact) mass is 365 g/mol. The van der Waals surface area contributed by atoms with Crippen LogP contribution in [0.1, 0.15) is 30.3 Å². The van der Waals surface area contributed by atoms with Crippen LogP contribution in [0.5, 0.6) is 0 Å². The number of carbonyl (C=O) groups excluding carboxylic acids is 1. The van der Waals surface area contributed by atoms with Crippen LogP contribution < -0.4 is 16.4 Å². The first-order chi connectivity index (χ1) is 13.1. The SMILES string of the molecule is CCCCn1nc(C(=O)Nc2cccc(-c3ccc(=O)[nH]n3)c2)ccc1=O. The number of unbranched alkanes of at least 4 members (excludes halogenated alkanes) is 1. The molecule has 0 fully saturated rings. The van der Waals surface area contributed by atoms with Crippen LogP contribution >= 0.6 is 0 Å². The van der Waals surface area contributed by atoms with E-state index in [0.717, 1.165) is 18.4 Å². The largest absolute Gasteiger partial charge is 0.321 e. The van der Waals surface area contributed by atoms with E-state index in [2.05, 4.69) is 20.6 Å². The van der Waals surface area contributed by atoms with Gasteiger partial charge in [0.1, 0.15) is 5.69 Å². The molecule has 0 aliphatic rings. The van der Waals surface area contributed by atoms with Crippen LogP contribution in [0, 0.1) is 0 Å². The fourth-order valence-corrected chi connectivity index (χ4v) is 2.49. The van der Waals surface area contributed by atoms with Crippen molar-refractivity contribution in [3.8, 4) is 11.3 Å². The van der Waals surface area contributed by atoms with Gasteiger partial charge in [-0.2, -0.15) is 10.2 Å². The summed E-state index contributed by atoms with van der Waals surface area (Å²) < 4.78 is 1.30. The van der Waals surface area contributed by atoms with Gasteiger partial charge in [0, 0.05) is 29.9 Å². The number of aromatic amines is 1. The molecule has 0 unspecified atom stereocenters. The molecule has 138 valence electrons. The molecular formula is C19H19N5O3. The molecule has 0 atom stereocenters. The van der Waals surface area contributed by atoms with E-state index in [-0.39, 0.29) is 16.8 Å². The Labute approximate surface area is 154 Å². The molecule has 3 rings (SSSR count). The maximum Gasteiger partial charge on any atom is 0.276 e. The van der Waals surface area contributed by atoms with E-state index in [1.165, 1.54) is 22.9 Å². The van der Waals surface area contributed by atoms with Crippen molar-refractivity contribution in [3.05, 3.63) is 74.9 Å². The fourth-order valence-electron chi connectivity index (χ4n) is 2.49. The first-order valence-corrected chi connectivity index (χ1v) is 8.62. The second kappa shape index (κ2) is 8.22. The molecule has 0 saturated carbocycles. The lowest BCUT2D eigenvalue weighted by molar-refractivity contribution is 0.101. The lowest BCUT2D eigenvalue weighted by atomic mass is 10.1. The van der Waals surface area contributed by atoms with Gasteiger partial charge in [-0.3, -0.25) is 14.4 Å². The Bertz CT molecular complexity index is 1050. The molecule has 1 amide bonds. The number of hydrogen-bond donors (Lipinski definition) is 2. The first kappa shape index (κ1) is 18.2. The molecule has 2 heterocycles. The highest BCUT2D eigenvalue weighted by Gasteiger charge is 2.11. The number of aryl methyl sites for hydroxylation is 1. The Morgan fingerprint density at radius 1 is 1.15 bits per heavy atom. The normalized spacial score (nSPS) is 10.6. The summed E-state index contributed by atoms with van der Waals surface area (Å²) in [5.74, 6) is -0.410. The number of H-pyrrole nitrogens is 1. The van der Waals surface area contributed by atoms with Crippen LogP contribution in [0.2, 0.25) is 0 Å². The lowest BCUT2D eigenvalue weighted by Crippen LogP contribution is -2.26. The van der Waals surface area contributed by atoms with Gasteiger partial charge >= 0.3 is 0 Å². The van der Waals surface area contributed by atoms with Gasteiger partial charge in [-0.15, -0.1) is 0 Å². The van der Waals surface area contributed by atoms with Crippen molar-refractivity contribution in [1.82, 2.24) is 20.0 Å². The van der Waals surface area contributed by atoms with Crippen LogP contribution in [0.15, 0.2) is 58.1 Å². The van der Waals surface area contributed by atoms with Crippen molar-refractivity contribution >= 4 is 11.6 Å². The van der Waals surface area contributed by atoms with Crippen LogP contribution in [0.25, 0.3) is 11.3 Å². The number of amides is 1. The number of benzene rings is 1. The molecule has 1 aromatic carbocycles. The summed E-state index contributed by atoms with van der Waals surface area (Å²) in [6.07, 6.45) is 1.74. The molecule has 0 spiro atoms. The quantitative estimate of drug-likeness (QED) is 0.695. The minimum atomic E-state index is -0.410. The standard InChI is InChI=1S/C19H19N5O3/c1-2-3-11-24-18(26)10-8-16(23-24)19(27)20-14-6-4-5-13(12-14)15-7-9-17(25)22-21-15/h4-10,12H,2-3,11H2,1H3,(H,20,27)(H,22,25). The average molecular weight is 365 g/mol. The van der Waals surface area contributed by atoms with Crippen LogP contribution in [-0.4, -0.2) is 25.9 Å². The van der Waals surface area contributed by atoms with Gasteiger partial charge in [0.25, 0.3) is 17.0 Å². The maximum absolute atomic E-state index is 12.5. The Kier molecular flexibility index (Phi) is 5.55. The van der Waals surface area contributed by atoms with Crippen molar-refractivity contribution in [1.29, 1.82) is 0 Å². The zero-order valence-electron chi connectivity index (χ0n) is 14.8. The summed E-state index contributed by atoms with van der Waals surface area (Å²) in [7, 11) is 0. The van der Waals surface area contributed by atoms with Gasteiger partial charge in [0.15, 0.2) is 0 Å². The third-order valence-corrected chi connectivity index (χ3v) is 3.92. The zero-order valence-corrected chi connectivity index (χ0v) is 14.8. The van der Waals surface area contributed by atoms with E-state index in [0.29, 0.717) is 17.9 Å². The van der Waals surface area contributed by atoms with E-state index in [4.69, 9.17) is 0 Å². The van der Waals surface area contributed by atoms with Crippen molar-refractivity contribution < 1.29 is 4.79 Å². The number of rotatable bonds is 6. The molecule has 2 N–H and O–H groups in total. The van der Waals surface area contributed by atoms with Gasteiger partial charge in [0.2, 0.25) is 0 Å². The summed E-state index contributed by atoms with van der Waals surface area (Å²) in [6.45, 7) is 2.50. The first-order valence-electron chi connectivity index (χ1n) is 8.62. The Hall–Kier alpha value is -3.55. The zero-order chi connectivity index (χ0) is 19.2. The highest BCUT2D eigenvalue weighted by atomic mass is 16.2. The second-order valence-corrected chi connectivity index (χ2v) is 5.97. The van der Waals surface area contributed by atoms with E-state index < -0.39 is 5.91 Å². The third kappa shape index (κ3) is 4.55. The summed E-state index contributed by atoms with van der Waals surface area (Å²) in [5, 5.41) is 13.3. The van der Waals surface area contributed by atoms with Gasteiger partial charge in [-0.05, 0) is 30.7 Å². The van der Waals surface area contributed by atoms with Gasteiger partial charge in [-0.25, -0.2) is 9.78 Å². The number of nitrogens with one attached hydrogen (secondary N) is 2. The minimum absolute atomic E-state index is 0.165. The summed E-state index contributed by atoms with van der Waals surface area (Å²) >= 11 is 0. The van der Waals surface area contributed by atoms with E-state index in [9.17, 15) is 14.4 Å². The fraction of sp³-hybridized carbons (Fsp3) is 0.211. The topological polar surface area (TPSA) is 110 Å². The van der Waals surface area contributed by atoms with Crippen LogP contribution in [0.3, 0.4) is 0 Å². The molecule has 0 saturated heterocycles. The predicted octanol–water partition coefficient (Wildman–Crippen LogP) is 2.05. The Morgan fingerprint density at radius 3 is 2.74 bits per heavy atom. The van der Waals surface area contributed by atoms with Crippen molar-refractivity contribution in [2.75, 3.05) is 5.32 Å². The van der Waals surface area contributed by atoms with Gasteiger partial charge in [-0.1, -0.05) is 25.5 Å². The highest BCUT2D eigenvalue weighted by molar-refractivity contribution is 6.02. The summed E-state index contributed by atoms with van der Waals surface area (Å²) in [6, 6.07) is 12.8. The van der Waals surface area contributed by atoms with Crippen LogP contribution in [-0.2, 0) is 6.54 Å². The number of hydrogen-bond acceptors (Lipinski definition) is 5. The Morgan fingerprint density at radius 2 is 2.00 bits per heavy atom. The smallest absolute Gasteiger partial charge is 0.276 e. The van der Waals surface area contributed by atoms with Crippen molar-refractivity contribution in [2.45, 2.75) is 26.3 Å². The number of aromatic nitrogens is 4. The third-order valence-electron chi connectivity index (χ3n) is 3.92. The van der Waals surface area contributed by atoms with E-state index >= 15 is 0 Å². The molecule has 0 bridgehead atoms. The molecule has 0 aliphatic heterocycles. The second-order valence-electron chi connectivity index (χ2n) is 5.97. The van der Waals surface area contributed by atoms with Crippen molar-refractivity contribution in [3.63, 3.8) is 0 Å². The molecule has 0 radical (unpaired) electrons. The number of nitrogens with zero attached hydrogens (tertiary/aromatic N) is 3. The summed E-state index contributed by atoms with van der Waals surface area (Å²) in [4.78, 5) is 35.4. The number of carbonyl (C=O) groups is 1. The minimum Gasteiger partial charge on any atom is -0.321 e. The Balaban J connectivity index is 1.80. The average Bonchev–Trinajstić information content (AvgIpc) is 2.68. The van der Waals surface area contributed by atoms with Crippen molar-refractivity contribution in [2.24, 2.45) is 0 Å². The van der Waals surface area contributed by atoms with E-state index in [1.807, 2.05) is 13.0 Å². The van der Waals surface area contributed by atoms with Gasteiger partial charge < -0.3 is 5.32 Å².